The van der Waals surface area contributed by atoms with E-state index < -0.39 is 17.7 Å². The van der Waals surface area contributed by atoms with E-state index in [0.29, 0.717) is 11.4 Å². The number of hydrogen-bond donors (Lipinski definition) is 1. The quantitative estimate of drug-likeness (QED) is 0.675. The number of esters is 1. The van der Waals surface area contributed by atoms with Gasteiger partial charge in [-0.2, -0.15) is 13.2 Å². The summed E-state index contributed by atoms with van der Waals surface area (Å²) >= 11 is 0. The van der Waals surface area contributed by atoms with E-state index in [1.54, 1.807) is 0 Å². The van der Waals surface area contributed by atoms with Gasteiger partial charge in [0.05, 0.1) is 16.8 Å². The van der Waals surface area contributed by atoms with Crippen LogP contribution in [0.25, 0.3) is 0 Å². The van der Waals surface area contributed by atoms with Crippen LogP contribution >= 0.6 is 0 Å². The number of amides is 1. The summed E-state index contributed by atoms with van der Waals surface area (Å²) in [5, 5.41) is 2.56. The number of anilines is 1. The number of rotatable bonds is 2. The van der Waals surface area contributed by atoms with Gasteiger partial charge in [-0.3, -0.25) is 4.79 Å². The molecule has 1 N–H and O–H groups in total. The topological polar surface area (TPSA) is 64.6 Å². The molecule has 0 fully saturated rings. The van der Waals surface area contributed by atoms with E-state index in [-0.39, 0.29) is 23.8 Å². The highest BCUT2D eigenvalue weighted by atomic mass is 19.4. The summed E-state index contributed by atoms with van der Waals surface area (Å²) in [6.45, 7) is -0.0995. The van der Waals surface area contributed by atoms with Crippen molar-refractivity contribution in [1.29, 1.82) is 0 Å². The van der Waals surface area contributed by atoms with Gasteiger partial charge in [-0.1, -0.05) is 0 Å². The minimum absolute atomic E-state index is 0.0268. The van der Waals surface area contributed by atoms with E-state index >= 15 is 0 Å². The van der Waals surface area contributed by atoms with Crippen LogP contribution in [0.1, 0.15) is 15.9 Å². The van der Waals surface area contributed by atoms with E-state index in [4.69, 9.17) is 9.47 Å². The average molecular weight is 337 g/mol. The lowest BCUT2D eigenvalue weighted by Crippen LogP contribution is -2.25. The van der Waals surface area contributed by atoms with Crippen molar-refractivity contribution in [2.24, 2.45) is 0 Å². The van der Waals surface area contributed by atoms with E-state index in [1.165, 1.54) is 18.2 Å². The number of carbonyl (C=O) groups is 2. The molecule has 3 rings (SSSR count). The van der Waals surface area contributed by atoms with Gasteiger partial charge in [0.25, 0.3) is 5.91 Å². The Kier molecular flexibility index (Phi) is 3.88. The van der Waals surface area contributed by atoms with Crippen molar-refractivity contribution < 1.29 is 32.2 Å². The molecule has 0 aliphatic carbocycles. The van der Waals surface area contributed by atoms with Crippen molar-refractivity contribution >= 4 is 17.6 Å². The summed E-state index contributed by atoms with van der Waals surface area (Å²) in [6.07, 6.45) is -4.47. The van der Waals surface area contributed by atoms with Gasteiger partial charge < -0.3 is 14.8 Å². The molecule has 0 atom stereocenters. The van der Waals surface area contributed by atoms with E-state index in [0.717, 1.165) is 24.3 Å². The second-order valence-corrected chi connectivity index (χ2v) is 4.96. The highest BCUT2D eigenvalue weighted by molar-refractivity contribution is 5.96. The van der Waals surface area contributed by atoms with Crippen LogP contribution in [-0.2, 0) is 11.0 Å². The molecule has 0 aromatic heterocycles. The van der Waals surface area contributed by atoms with Crippen molar-refractivity contribution in [2.75, 3.05) is 11.9 Å². The molecular weight excluding hydrogens is 327 g/mol. The van der Waals surface area contributed by atoms with Crippen molar-refractivity contribution in [3.8, 4) is 11.5 Å². The Balaban J connectivity index is 1.75. The third kappa shape index (κ3) is 3.32. The van der Waals surface area contributed by atoms with Gasteiger partial charge >= 0.3 is 12.1 Å². The zero-order chi connectivity index (χ0) is 17.3. The number of benzene rings is 2. The Morgan fingerprint density at radius 3 is 2.50 bits per heavy atom. The first-order valence-corrected chi connectivity index (χ1v) is 6.79. The first-order chi connectivity index (χ1) is 11.3. The zero-order valence-corrected chi connectivity index (χ0v) is 12.0. The molecule has 1 aliphatic heterocycles. The number of hydrogen-bond acceptors (Lipinski definition) is 4. The molecule has 5 nitrogen and oxygen atoms in total. The molecule has 0 saturated heterocycles. The maximum Gasteiger partial charge on any atom is 0.416 e. The predicted molar refractivity (Wildman–Crippen MR) is 77.0 cm³/mol. The summed E-state index contributed by atoms with van der Waals surface area (Å²) in [4.78, 5) is 23.2. The monoisotopic (exact) mass is 337 g/mol. The molecule has 0 saturated carbocycles. The lowest BCUT2D eigenvalue weighted by Gasteiger charge is -2.18. The minimum Gasteiger partial charge on any atom is -0.482 e. The lowest BCUT2D eigenvalue weighted by molar-refractivity contribution is -0.137. The fraction of sp³-hybridized carbons (Fsp3) is 0.125. The largest absolute Gasteiger partial charge is 0.482 e. The van der Waals surface area contributed by atoms with Gasteiger partial charge in [0.15, 0.2) is 6.61 Å². The maximum atomic E-state index is 12.5. The first-order valence-electron chi connectivity index (χ1n) is 6.79. The summed E-state index contributed by atoms with van der Waals surface area (Å²) in [5.41, 5.74) is -0.530. The second kappa shape index (κ2) is 5.88. The Hall–Kier alpha value is -3.03. The summed E-state index contributed by atoms with van der Waals surface area (Å²) in [5.74, 6) is -0.589. The van der Waals surface area contributed by atoms with Crippen molar-refractivity contribution in [3.05, 3.63) is 53.6 Å². The van der Waals surface area contributed by atoms with Gasteiger partial charge in [-0.05, 0) is 36.4 Å². The van der Waals surface area contributed by atoms with Crippen LogP contribution in [0.3, 0.4) is 0 Å². The number of carbonyl (C=O) groups excluding carboxylic acids is 2. The molecule has 1 amide bonds. The molecule has 2 aromatic carbocycles. The number of nitrogens with one attached hydrogen (secondary N) is 1. The number of fused-ring (bicyclic) bond motifs is 1. The Morgan fingerprint density at radius 1 is 1.12 bits per heavy atom. The smallest absolute Gasteiger partial charge is 0.416 e. The molecular formula is C16H10F3NO4. The highest BCUT2D eigenvalue weighted by Gasteiger charge is 2.30. The Labute approximate surface area is 134 Å². The summed E-state index contributed by atoms with van der Waals surface area (Å²) in [7, 11) is 0. The van der Waals surface area contributed by atoms with Crippen molar-refractivity contribution in [3.63, 3.8) is 0 Å². The number of ether oxygens (including phenoxy) is 2. The van der Waals surface area contributed by atoms with Crippen molar-refractivity contribution in [2.45, 2.75) is 6.18 Å². The number of alkyl halides is 3. The van der Waals surface area contributed by atoms with Crippen LogP contribution in [0.15, 0.2) is 42.5 Å². The van der Waals surface area contributed by atoms with Gasteiger partial charge in [0.2, 0.25) is 0 Å². The normalized spacial score (nSPS) is 13.5. The first kappa shape index (κ1) is 15.9. The number of halogens is 3. The second-order valence-electron chi connectivity index (χ2n) is 4.96. The Morgan fingerprint density at radius 2 is 1.83 bits per heavy atom. The standard InChI is InChI=1S/C16H10F3NO4/c17-16(18,19)10-3-1-9(2-4-10)15(22)24-11-5-6-13-12(7-11)20-14(21)8-23-13/h1-7H,8H2,(H,20,21). The van der Waals surface area contributed by atoms with Crippen LogP contribution in [0, 0.1) is 0 Å². The summed E-state index contributed by atoms with van der Waals surface area (Å²) < 4.78 is 47.8. The van der Waals surface area contributed by atoms with Gasteiger partial charge in [-0.15, -0.1) is 0 Å². The van der Waals surface area contributed by atoms with Crippen LogP contribution in [0.4, 0.5) is 18.9 Å². The lowest BCUT2D eigenvalue weighted by atomic mass is 10.1. The van der Waals surface area contributed by atoms with Crippen LogP contribution < -0.4 is 14.8 Å². The molecule has 8 heteroatoms. The average Bonchev–Trinajstić information content (AvgIpc) is 2.53. The van der Waals surface area contributed by atoms with Crippen LogP contribution in [0.5, 0.6) is 11.5 Å². The third-order valence-corrected chi connectivity index (χ3v) is 3.24. The molecule has 2 aromatic rings. The molecule has 24 heavy (non-hydrogen) atoms. The Bertz CT molecular complexity index is 800. The fourth-order valence-corrected chi connectivity index (χ4v) is 2.09. The van der Waals surface area contributed by atoms with E-state index in [1.807, 2.05) is 0 Å². The molecule has 0 radical (unpaired) electrons. The molecule has 0 bridgehead atoms. The van der Waals surface area contributed by atoms with Crippen molar-refractivity contribution in [1.82, 2.24) is 0 Å². The predicted octanol–water partition coefficient (Wildman–Crippen LogP) is 3.26. The maximum absolute atomic E-state index is 12.5. The molecule has 0 spiro atoms. The van der Waals surface area contributed by atoms with E-state index in [2.05, 4.69) is 5.32 Å². The molecule has 1 aliphatic rings. The van der Waals surface area contributed by atoms with E-state index in [9.17, 15) is 22.8 Å². The molecule has 124 valence electrons. The SMILES string of the molecule is O=C1COc2ccc(OC(=O)c3ccc(C(F)(F)F)cc3)cc2N1. The van der Waals surface area contributed by atoms with Gasteiger partial charge in [-0.25, -0.2) is 4.79 Å². The van der Waals surface area contributed by atoms with Gasteiger partial charge in [0, 0.05) is 6.07 Å². The van der Waals surface area contributed by atoms with Crippen LogP contribution in [0.2, 0.25) is 0 Å². The van der Waals surface area contributed by atoms with Crippen LogP contribution in [-0.4, -0.2) is 18.5 Å². The molecule has 1 heterocycles. The highest BCUT2D eigenvalue weighted by Crippen LogP contribution is 2.32. The zero-order valence-electron chi connectivity index (χ0n) is 12.0. The summed E-state index contributed by atoms with van der Waals surface area (Å²) in [6, 6.07) is 8.05. The molecule has 0 unspecified atom stereocenters. The fourth-order valence-electron chi connectivity index (χ4n) is 2.09. The minimum atomic E-state index is -4.47. The van der Waals surface area contributed by atoms with Gasteiger partial charge in [0.1, 0.15) is 11.5 Å². The third-order valence-electron chi connectivity index (χ3n) is 3.24.